The minimum Gasteiger partial charge on any atom is -0.367 e. The predicted octanol–water partition coefficient (Wildman–Crippen LogP) is 4.25. The number of hydrogen-bond acceptors (Lipinski definition) is 13. The number of amides is 4. The number of hydrogen-bond donors (Lipinski definition) is 3. The van der Waals surface area contributed by atoms with Gasteiger partial charge in [0.05, 0.1) is 29.1 Å². The lowest BCUT2D eigenvalue weighted by Crippen LogP contribution is -2.52. The summed E-state index contributed by atoms with van der Waals surface area (Å²) in [5.74, 6) is -1.36. The van der Waals surface area contributed by atoms with Crippen molar-refractivity contribution < 1.29 is 28.0 Å². The topological polar surface area (TPSA) is 193 Å². The number of imide groups is 1. The van der Waals surface area contributed by atoms with E-state index in [2.05, 4.69) is 40.8 Å². The van der Waals surface area contributed by atoms with Gasteiger partial charge in [0, 0.05) is 69.4 Å². The van der Waals surface area contributed by atoms with E-state index in [1.54, 1.807) is 24.3 Å². The van der Waals surface area contributed by atoms with Gasteiger partial charge in [-0.05, 0) is 86.4 Å². The van der Waals surface area contributed by atoms with Gasteiger partial charge in [0.15, 0.2) is 0 Å². The molecule has 9 rings (SSSR count). The van der Waals surface area contributed by atoms with Crippen LogP contribution in [0.3, 0.4) is 0 Å². The molecule has 0 radical (unpaired) electrons. The maximum atomic E-state index is 15.4. The van der Waals surface area contributed by atoms with Gasteiger partial charge in [-0.2, -0.15) is 9.65 Å². The molecule has 19 heteroatoms. The van der Waals surface area contributed by atoms with Crippen LogP contribution in [-0.4, -0.2) is 105 Å². The zero-order valence-electron chi connectivity index (χ0n) is 33.7. The van der Waals surface area contributed by atoms with Crippen molar-refractivity contribution in [2.45, 2.75) is 70.1 Å². The highest BCUT2D eigenvalue weighted by molar-refractivity contribution is 6.30. The molecule has 320 valence electrons. The molecule has 5 aliphatic rings. The second-order valence-electron chi connectivity index (χ2n) is 16.4. The second-order valence-corrected chi connectivity index (χ2v) is 16.8. The van der Waals surface area contributed by atoms with Crippen molar-refractivity contribution in [3.8, 4) is 6.07 Å². The first kappa shape index (κ1) is 41.1. The van der Waals surface area contributed by atoms with Crippen molar-refractivity contribution in [2.75, 3.05) is 54.4 Å². The number of halogens is 3. The van der Waals surface area contributed by atoms with Gasteiger partial charge in [0.2, 0.25) is 17.8 Å². The van der Waals surface area contributed by atoms with Gasteiger partial charge in [-0.3, -0.25) is 29.4 Å². The third kappa shape index (κ3) is 8.34. The van der Waals surface area contributed by atoms with Crippen molar-refractivity contribution in [1.29, 1.82) is 5.26 Å². The van der Waals surface area contributed by atoms with Gasteiger partial charge >= 0.3 is 0 Å². The smallest absolute Gasteiger partial charge is 0.256 e. The molecule has 1 unspecified atom stereocenters. The van der Waals surface area contributed by atoms with Gasteiger partial charge in [0.25, 0.3) is 11.8 Å². The number of piperazine rings is 1. The van der Waals surface area contributed by atoms with Crippen LogP contribution in [0.15, 0.2) is 42.7 Å². The molecular formula is C43H43ClF2N12O4. The lowest BCUT2D eigenvalue weighted by Gasteiger charge is -2.39. The van der Waals surface area contributed by atoms with Crippen molar-refractivity contribution in [2.24, 2.45) is 5.92 Å². The summed E-state index contributed by atoms with van der Waals surface area (Å²) in [6, 6.07) is 10.5. The van der Waals surface area contributed by atoms with E-state index in [0.29, 0.717) is 67.0 Å². The Hall–Kier alpha value is -6.32. The van der Waals surface area contributed by atoms with Crippen molar-refractivity contribution in [3.63, 3.8) is 0 Å². The van der Waals surface area contributed by atoms with Crippen LogP contribution in [0.4, 0.5) is 31.9 Å². The number of anilines is 4. The van der Waals surface area contributed by atoms with E-state index in [-0.39, 0.29) is 53.4 Å². The van der Waals surface area contributed by atoms with E-state index in [9.17, 15) is 24.4 Å². The average Bonchev–Trinajstić information content (AvgIpc) is 3.58. The first-order chi connectivity index (χ1) is 30.0. The zero-order chi connectivity index (χ0) is 43.1. The minimum absolute atomic E-state index is 0.0870. The second kappa shape index (κ2) is 17.2. The summed E-state index contributed by atoms with van der Waals surface area (Å²) in [5.41, 5.74) is 3.16. The first-order valence-electron chi connectivity index (χ1n) is 20.8. The number of nitriles is 1. The van der Waals surface area contributed by atoms with Crippen LogP contribution in [0.25, 0.3) is 0 Å². The van der Waals surface area contributed by atoms with E-state index in [1.165, 1.54) is 23.4 Å². The molecule has 16 nitrogen and oxygen atoms in total. The van der Waals surface area contributed by atoms with Crippen molar-refractivity contribution >= 4 is 58.4 Å². The third-order valence-electron chi connectivity index (χ3n) is 12.6. The van der Waals surface area contributed by atoms with E-state index in [4.69, 9.17) is 11.6 Å². The molecule has 2 saturated heterocycles. The highest BCUT2D eigenvalue weighted by atomic mass is 35.5. The van der Waals surface area contributed by atoms with Gasteiger partial charge in [-0.1, -0.05) is 11.6 Å². The van der Waals surface area contributed by atoms with Crippen LogP contribution >= 0.6 is 11.6 Å². The molecule has 0 spiro atoms. The van der Waals surface area contributed by atoms with E-state index >= 15 is 8.78 Å². The van der Waals surface area contributed by atoms with E-state index in [1.807, 2.05) is 15.9 Å². The first-order valence-corrected chi connectivity index (χ1v) is 21.2. The third-order valence-corrected chi connectivity index (χ3v) is 12.9. The summed E-state index contributed by atoms with van der Waals surface area (Å²) < 4.78 is 30.8. The maximum Gasteiger partial charge on any atom is 0.256 e. The minimum atomic E-state index is -0.888. The molecule has 3 fully saturated rings. The van der Waals surface area contributed by atoms with Gasteiger partial charge in [-0.15, -0.1) is 0 Å². The highest BCUT2D eigenvalue weighted by Gasteiger charge is 2.40. The summed E-state index contributed by atoms with van der Waals surface area (Å²) in [4.78, 5) is 75.4. The van der Waals surface area contributed by atoms with Crippen LogP contribution in [0, 0.1) is 29.0 Å². The Morgan fingerprint density at radius 2 is 1.73 bits per heavy atom. The van der Waals surface area contributed by atoms with E-state index < -0.39 is 35.5 Å². The molecule has 4 aromatic rings. The SMILES string of the molecule is N#Cc1ccc(N2CCc3c(ncnc3Nc3ccc(C(=O)NC4CCC(CN5CCN(c6cc7c(cc6F)C(=O)N(C6CCC(=O)NC6=O)C7)CC5)CC4)c(F)n3)C2)nc1Cl. The maximum absolute atomic E-state index is 15.4. The summed E-state index contributed by atoms with van der Waals surface area (Å²) >= 11 is 6.16. The van der Waals surface area contributed by atoms with Crippen molar-refractivity contribution in [1.82, 2.24) is 40.4 Å². The van der Waals surface area contributed by atoms with E-state index in [0.717, 1.165) is 56.6 Å². The highest BCUT2D eigenvalue weighted by Crippen LogP contribution is 2.34. The Balaban J connectivity index is 0.731. The monoisotopic (exact) mass is 864 g/mol. The Morgan fingerprint density at radius 1 is 0.919 bits per heavy atom. The Bertz CT molecular complexity index is 2500. The summed E-state index contributed by atoms with van der Waals surface area (Å²) in [7, 11) is 0. The normalized spacial score (nSPS) is 21.5. The fourth-order valence-electron chi connectivity index (χ4n) is 9.24. The fourth-order valence-corrected chi connectivity index (χ4v) is 9.44. The molecule has 7 heterocycles. The molecule has 4 amide bonds. The fraction of sp³-hybridized carbons (Fsp3) is 0.419. The predicted molar refractivity (Wildman–Crippen MR) is 223 cm³/mol. The van der Waals surface area contributed by atoms with Gasteiger partial charge < -0.3 is 25.3 Å². The quantitative estimate of drug-likeness (QED) is 0.160. The molecule has 1 aliphatic carbocycles. The van der Waals surface area contributed by atoms with Crippen molar-refractivity contribution in [3.05, 3.63) is 93.2 Å². The van der Waals surface area contributed by atoms with Crippen LogP contribution in [-0.2, 0) is 29.1 Å². The Kier molecular flexibility index (Phi) is 11.4. The molecule has 1 atom stereocenters. The Labute approximate surface area is 360 Å². The Morgan fingerprint density at radius 3 is 2.47 bits per heavy atom. The number of nitrogens with one attached hydrogen (secondary N) is 3. The summed E-state index contributed by atoms with van der Waals surface area (Å²) in [5, 5.41) is 17.7. The number of nitrogens with zero attached hydrogens (tertiary/aromatic N) is 9. The molecule has 0 bridgehead atoms. The van der Waals surface area contributed by atoms with Crippen LogP contribution < -0.4 is 25.8 Å². The molecule has 4 aliphatic heterocycles. The number of benzene rings is 1. The number of carbonyl (C=O) groups excluding carboxylic acids is 4. The van der Waals surface area contributed by atoms with Crippen LogP contribution in [0.2, 0.25) is 5.15 Å². The number of pyridine rings is 2. The molecule has 3 N–H and O–H groups in total. The molecule has 62 heavy (non-hydrogen) atoms. The number of piperidine rings is 1. The molecule has 1 saturated carbocycles. The lowest BCUT2D eigenvalue weighted by molar-refractivity contribution is -0.136. The number of carbonyl (C=O) groups is 4. The zero-order valence-corrected chi connectivity index (χ0v) is 34.4. The summed E-state index contributed by atoms with van der Waals surface area (Å²) in [6.45, 7) is 4.84. The molecular weight excluding hydrogens is 822 g/mol. The van der Waals surface area contributed by atoms with Gasteiger partial charge in [-0.25, -0.2) is 24.3 Å². The average molecular weight is 865 g/mol. The molecule has 1 aromatic carbocycles. The van der Waals surface area contributed by atoms with Crippen LogP contribution in [0.5, 0.6) is 0 Å². The molecule has 3 aromatic heterocycles. The standard InChI is InChI=1S/C43H43ClF2N12O4/c44-38-25(19-47)3-9-36(53-38)57-12-11-28-32(22-57)48-23-49-40(28)52-35-8-6-29(39(46)51-35)41(60)50-27-4-1-24(2-5-27)20-55-13-15-56(16-14-55)34-17-26-21-58(43(62)30(26)18-31(34)45)33-7-10-37(59)54-42(33)61/h3,6,8-9,17-18,23-24,27,33H,1-2,4-5,7,10-16,20-22H2,(H,50,60)(H,54,59,61)(H,48,49,51,52). The summed E-state index contributed by atoms with van der Waals surface area (Å²) in [6.07, 6.45) is 5.74. The number of aromatic nitrogens is 4. The largest absolute Gasteiger partial charge is 0.367 e. The number of rotatable bonds is 9. The van der Waals surface area contributed by atoms with Crippen LogP contribution in [0.1, 0.15) is 81.6 Å². The van der Waals surface area contributed by atoms with Gasteiger partial charge in [0.1, 0.15) is 46.9 Å². The number of fused-ring (bicyclic) bond motifs is 2. The lowest BCUT2D eigenvalue weighted by atomic mass is 9.85.